The van der Waals surface area contributed by atoms with Gasteiger partial charge in [0.15, 0.2) is 0 Å². The molecule has 142 valence electrons. The first kappa shape index (κ1) is 20.3. The predicted molar refractivity (Wildman–Crippen MR) is 109 cm³/mol. The third kappa shape index (κ3) is 5.72. The Hall–Kier alpha value is -3.06. The molecule has 0 saturated heterocycles. The molecule has 2 aromatic carbocycles. The van der Waals surface area contributed by atoms with Gasteiger partial charge in [-0.15, -0.1) is 6.58 Å². The minimum atomic E-state index is -3.43. The van der Waals surface area contributed by atoms with Crippen LogP contribution in [0.5, 0.6) is 5.75 Å². The first-order chi connectivity index (χ1) is 12.8. The monoisotopic (exact) mass is 386 g/mol. The second-order valence-electron chi connectivity index (χ2n) is 5.71. The summed E-state index contributed by atoms with van der Waals surface area (Å²) < 4.78 is 30.3. The summed E-state index contributed by atoms with van der Waals surface area (Å²) >= 11 is 0. The van der Waals surface area contributed by atoms with Gasteiger partial charge in [0.05, 0.1) is 18.5 Å². The standard InChI is InChI=1S/C20H22N2O4S/c1-4-14-22(27(3,24)25)18-10-6-16(7-11-18)20(23)21-17-8-12-19(13-9-17)26-15-5-2/h4-13H,1-2,14-15H2,3H3,(H,21,23). The summed E-state index contributed by atoms with van der Waals surface area (Å²) in [4.78, 5) is 12.4. The fraction of sp³-hybridized carbons (Fsp3) is 0.150. The highest BCUT2D eigenvalue weighted by Crippen LogP contribution is 2.20. The van der Waals surface area contributed by atoms with Crippen LogP contribution in [-0.4, -0.2) is 33.7 Å². The summed E-state index contributed by atoms with van der Waals surface area (Å²) in [7, 11) is -3.43. The van der Waals surface area contributed by atoms with Crippen LogP contribution in [0.2, 0.25) is 0 Å². The van der Waals surface area contributed by atoms with E-state index in [1.165, 1.54) is 10.4 Å². The molecule has 1 amide bonds. The van der Waals surface area contributed by atoms with Crippen LogP contribution in [0.1, 0.15) is 10.4 Å². The second-order valence-corrected chi connectivity index (χ2v) is 7.61. The number of hydrogen-bond donors (Lipinski definition) is 1. The smallest absolute Gasteiger partial charge is 0.255 e. The third-order valence-corrected chi connectivity index (χ3v) is 4.75. The Labute approximate surface area is 159 Å². The summed E-state index contributed by atoms with van der Waals surface area (Å²) in [6, 6.07) is 13.3. The number of nitrogens with zero attached hydrogens (tertiary/aromatic N) is 1. The zero-order valence-corrected chi connectivity index (χ0v) is 15.9. The molecule has 1 N–H and O–H groups in total. The van der Waals surface area contributed by atoms with Gasteiger partial charge in [0, 0.05) is 11.3 Å². The van der Waals surface area contributed by atoms with Crippen LogP contribution in [0.25, 0.3) is 0 Å². The van der Waals surface area contributed by atoms with Crippen LogP contribution < -0.4 is 14.4 Å². The minimum absolute atomic E-state index is 0.157. The Bertz CT molecular complexity index is 904. The van der Waals surface area contributed by atoms with Crippen molar-refractivity contribution < 1.29 is 17.9 Å². The highest BCUT2D eigenvalue weighted by Gasteiger charge is 2.16. The summed E-state index contributed by atoms with van der Waals surface area (Å²) in [6.07, 6.45) is 4.28. The molecule has 0 aliphatic rings. The van der Waals surface area contributed by atoms with Crippen LogP contribution in [0, 0.1) is 0 Å². The van der Waals surface area contributed by atoms with Crippen LogP contribution in [-0.2, 0) is 10.0 Å². The van der Waals surface area contributed by atoms with Crippen molar-refractivity contribution in [1.29, 1.82) is 0 Å². The van der Waals surface area contributed by atoms with Gasteiger partial charge in [0.25, 0.3) is 5.91 Å². The quantitative estimate of drug-likeness (QED) is 0.670. The van der Waals surface area contributed by atoms with Crippen molar-refractivity contribution in [2.75, 3.05) is 29.0 Å². The van der Waals surface area contributed by atoms with Crippen LogP contribution >= 0.6 is 0 Å². The van der Waals surface area contributed by atoms with Crippen molar-refractivity contribution in [3.8, 4) is 5.75 Å². The van der Waals surface area contributed by atoms with Gasteiger partial charge in [-0.25, -0.2) is 8.42 Å². The van der Waals surface area contributed by atoms with E-state index < -0.39 is 10.0 Å². The fourth-order valence-electron chi connectivity index (χ4n) is 2.32. The van der Waals surface area contributed by atoms with Gasteiger partial charge < -0.3 is 10.1 Å². The van der Waals surface area contributed by atoms with Gasteiger partial charge in [0.2, 0.25) is 10.0 Å². The van der Waals surface area contributed by atoms with E-state index in [4.69, 9.17) is 4.74 Å². The summed E-state index contributed by atoms with van der Waals surface area (Å²) in [5, 5.41) is 2.78. The number of ether oxygens (including phenoxy) is 1. The van der Waals surface area contributed by atoms with Gasteiger partial charge in [-0.1, -0.05) is 18.7 Å². The SMILES string of the molecule is C=CCOc1ccc(NC(=O)c2ccc(N(CC=C)S(C)(=O)=O)cc2)cc1. The average Bonchev–Trinajstić information content (AvgIpc) is 2.65. The highest BCUT2D eigenvalue weighted by molar-refractivity contribution is 7.92. The molecule has 0 saturated carbocycles. The van der Waals surface area contributed by atoms with Crippen molar-refractivity contribution >= 4 is 27.3 Å². The first-order valence-corrected chi connectivity index (χ1v) is 10.0. The molecule has 2 rings (SSSR count). The number of carbonyl (C=O) groups is 1. The molecule has 7 heteroatoms. The Kier molecular flexibility index (Phi) is 6.79. The molecule has 0 radical (unpaired) electrons. The molecule has 0 bridgehead atoms. The predicted octanol–water partition coefficient (Wildman–Crippen LogP) is 3.46. The van der Waals surface area contributed by atoms with E-state index in [0.29, 0.717) is 29.3 Å². The third-order valence-electron chi connectivity index (χ3n) is 3.59. The Morgan fingerprint density at radius 1 is 1.07 bits per heavy atom. The Morgan fingerprint density at radius 3 is 2.22 bits per heavy atom. The van der Waals surface area contributed by atoms with E-state index in [9.17, 15) is 13.2 Å². The topological polar surface area (TPSA) is 75.7 Å². The van der Waals surface area contributed by atoms with E-state index in [0.717, 1.165) is 6.26 Å². The number of hydrogen-bond acceptors (Lipinski definition) is 4. The lowest BCUT2D eigenvalue weighted by Crippen LogP contribution is -2.29. The summed E-state index contributed by atoms with van der Waals surface area (Å²) in [5.41, 5.74) is 1.51. The molecule has 0 heterocycles. The second kappa shape index (κ2) is 9.05. The molecule has 2 aromatic rings. The Balaban J connectivity index is 2.08. The van der Waals surface area contributed by atoms with Crippen LogP contribution in [0.3, 0.4) is 0 Å². The van der Waals surface area contributed by atoms with Crippen LogP contribution in [0.4, 0.5) is 11.4 Å². The minimum Gasteiger partial charge on any atom is -0.490 e. The van der Waals surface area contributed by atoms with Crippen molar-refractivity contribution in [1.82, 2.24) is 0 Å². The Morgan fingerprint density at radius 2 is 1.70 bits per heavy atom. The first-order valence-electron chi connectivity index (χ1n) is 8.19. The number of nitrogens with one attached hydrogen (secondary N) is 1. The summed E-state index contributed by atoms with van der Waals surface area (Å²) in [5.74, 6) is 0.385. The maximum absolute atomic E-state index is 12.4. The molecule has 0 aliphatic heterocycles. The number of anilines is 2. The van der Waals surface area contributed by atoms with Gasteiger partial charge in [-0.2, -0.15) is 0 Å². The van der Waals surface area contributed by atoms with Gasteiger partial charge in [-0.3, -0.25) is 9.10 Å². The molecule has 0 atom stereocenters. The van der Waals surface area contributed by atoms with E-state index >= 15 is 0 Å². The average molecular weight is 386 g/mol. The fourth-order valence-corrected chi connectivity index (χ4v) is 3.20. The zero-order valence-electron chi connectivity index (χ0n) is 15.1. The van der Waals surface area contributed by atoms with E-state index in [1.54, 1.807) is 54.6 Å². The highest BCUT2D eigenvalue weighted by atomic mass is 32.2. The maximum atomic E-state index is 12.4. The van der Waals surface area contributed by atoms with Crippen molar-refractivity contribution in [2.45, 2.75) is 0 Å². The molecule has 27 heavy (non-hydrogen) atoms. The summed E-state index contributed by atoms with van der Waals surface area (Å²) in [6.45, 7) is 7.72. The van der Waals surface area contributed by atoms with E-state index in [1.807, 2.05) is 0 Å². The molecule has 6 nitrogen and oxygen atoms in total. The van der Waals surface area contributed by atoms with Crippen LogP contribution in [0.15, 0.2) is 73.8 Å². The number of carbonyl (C=O) groups excluding carboxylic acids is 1. The van der Waals surface area contributed by atoms with Crippen molar-refractivity contribution in [2.24, 2.45) is 0 Å². The maximum Gasteiger partial charge on any atom is 0.255 e. The molecule has 0 aromatic heterocycles. The van der Waals surface area contributed by atoms with E-state index in [2.05, 4.69) is 18.5 Å². The number of benzene rings is 2. The molecule has 0 spiro atoms. The molecule has 0 fully saturated rings. The molecule has 0 aliphatic carbocycles. The van der Waals surface area contributed by atoms with Gasteiger partial charge >= 0.3 is 0 Å². The molecular formula is C20H22N2O4S. The lowest BCUT2D eigenvalue weighted by molar-refractivity contribution is 0.102. The zero-order chi connectivity index (χ0) is 19.9. The lowest BCUT2D eigenvalue weighted by Gasteiger charge is -2.20. The number of sulfonamides is 1. The number of amides is 1. The van der Waals surface area contributed by atoms with E-state index in [-0.39, 0.29) is 12.5 Å². The molecule has 0 unspecified atom stereocenters. The number of rotatable bonds is 9. The largest absolute Gasteiger partial charge is 0.490 e. The van der Waals surface area contributed by atoms with Gasteiger partial charge in [-0.05, 0) is 48.5 Å². The normalized spacial score (nSPS) is 10.7. The molecular weight excluding hydrogens is 364 g/mol. The van der Waals surface area contributed by atoms with Crippen molar-refractivity contribution in [3.63, 3.8) is 0 Å². The lowest BCUT2D eigenvalue weighted by atomic mass is 10.2. The van der Waals surface area contributed by atoms with Crippen molar-refractivity contribution in [3.05, 3.63) is 79.4 Å². The van der Waals surface area contributed by atoms with Gasteiger partial charge in [0.1, 0.15) is 12.4 Å².